The summed E-state index contributed by atoms with van der Waals surface area (Å²) in [5, 5.41) is 7.28. The van der Waals surface area contributed by atoms with E-state index in [0.29, 0.717) is 17.1 Å². The molecule has 0 radical (unpaired) electrons. The highest BCUT2D eigenvalue weighted by Crippen LogP contribution is 2.32. The van der Waals surface area contributed by atoms with Crippen LogP contribution >= 0.6 is 11.6 Å². The van der Waals surface area contributed by atoms with Crippen LogP contribution in [-0.4, -0.2) is 47.5 Å². The molecule has 33 heavy (non-hydrogen) atoms. The molecule has 0 unspecified atom stereocenters. The zero-order valence-corrected chi connectivity index (χ0v) is 18.9. The lowest BCUT2D eigenvalue weighted by molar-refractivity contribution is -0.189. The topological polar surface area (TPSA) is 85.7 Å². The molecular weight excluding hydrogens is 461 g/mol. The first kappa shape index (κ1) is 24.8. The Balaban J connectivity index is 1.83. The SMILES string of the molecule is CO/N=C1\CCCC[C@@H]1CNC(=O)c1ncc(O[C@@H](C)C(F)(F)F)c(-c2ccc(Cl)cc2)n1. The van der Waals surface area contributed by atoms with Gasteiger partial charge in [-0.25, -0.2) is 9.97 Å². The fourth-order valence-corrected chi connectivity index (χ4v) is 3.58. The van der Waals surface area contributed by atoms with Gasteiger partial charge in [-0.3, -0.25) is 4.79 Å². The molecule has 0 aliphatic heterocycles. The van der Waals surface area contributed by atoms with Gasteiger partial charge in [0.1, 0.15) is 12.8 Å². The molecule has 2 aromatic rings. The van der Waals surface area contributed by atoms with Gasteiger partial charge in [-0.15, -0.1) is 0 Å². The molecule has 3 rings (SSSR count). The minimum atomic E-state index is -4.57. The average Bonchev–Trinajstić information content (AvgIpc) is 2.78. The summed E-state index contributed by atoms with van der Waals surface area (Å²) < 4.78 is 44.2. The quantitative estimate of drug-likeness (QED) is 0.556. The normalized spacial score (nSPS) is 18.6. The maximum absolute atomic E-state index is 13.0. The van der Waals surface area contributed by atoms with Gasteiger partial charge in [0.15, 0.2) is 11.9 Å². The van der Waals surface area contributed by atoms with Crippen molar-refractivity contribution in [3.63, 3.8) is 0 Å². The molecule has 11 heteroatoms. The summed E-state index contributed by atoms with van der Waals surface area (Å²) in [6, 6.07) is 6.28. The van der Waals surface area contributed by atoms with Gasteiger partial charge in [0.2, 0.25) is 5.82 Å². The Morgan fingerprint density at radius 2 is 2.03 bits per heavy atom. The maximum atomic E-state index is 13.0. The van der Waals surface area contributed by atoms with E-state index in [4.69, 9.17) is 21.2 Å². The largest absolute Gasteiger partial charge is 0.477 e. The summed E-state index contributed by atoms with van der Waals surface area (Å²) in [6.07, 6.45) is -1.89. The molecule has 1 heterocycles. The zero-order chi connectivity index (χ0) is 24.0. The first-order valence-electron chi connectivity index (χ1n) is 10.4. The number of halogens is 4. The molecule has 1 aliphatic carbocycles. The van der Waals surface area contributed by atoms with E-state index in [1.54, 1.807) is 24.3 Å². The first-order valence-corrected chi connectivity index (χ1v) is 10.8. The summed E-state index contributed by atoms with van der Waals surface area (Å²) in [5.41, 5.74) is 1.38. The smallest absolute Gasteiger partial charge is 0.425 e. The Labute approximate surface area is 194 Å². The third-order valence-corrected chi connectivity index (χ3v) is 5.52. The van der Waals surface area contributed by atoms with Crippen LogP contribution in [-0.2, 0) is 4.84 Å². The molecule has 1 amide bonds. The van der Waals surface area contributed by atoms with Crippen LogP contribution in [0, 0.1) is 5.92 Å². The van der Waals surface area contributed by atoms with Crippen molar-refractivity contribution in [3.8, 4) is 17.0 Å². The number of rotatable bonds is 7. The Morgan fingerprint density at radius 3 is 2.70 bits per heavy atom. The third-order valence-electron chi connectivity index (χ3n) is 5.26. The lowest BCUT2D eigenvalue weighted by Gasteiger charge is -2.23. The van der Waals surface area contributed by atoms with Crippen molar-refractivity contribution in [3.05, 3.63) is 41.3 Å². The highest BCUT2D eigenvalue weighted by atomic mass is 35.5. The van der Waals surface area contributed by atoms with Gasteiger partial charge in [0.25, 0.3) is 5.91 Å². The molecule has 1 aromatic heterocycles. The molecule has 1 aliphatic rings. The Hall–Kier alpha value is -2.88. The van der Waals surface area contributed by atoms with Gasteiger partial charge < -0.3 is 14.9 Å². The average molecular weight is 485 g/mol. The predicted octanol–water partition coefficient (Wildman–Crippen LogP) is 5.05. The van der Waals surface area contributed by atoms with E-state index in [9.17, 15) is 18.0 Å². The van der Waals surface area contributed by atoms with Crippen LogP contribution < -0.4 is 10.1 Å². The van der Waals surface area contributed by atoms with Crippen molar-refractivity contribution < 1.29 is 27.5 Å². The van der Waals surface area contributed by atoms with Crippen molar-refractivity contribution in [1.29, 1.82) is 0 Å². The lowest BCUT2D eigenvalue weighted by atomic mass is 9.87. The molecule has 178 valence electrons. The number of aromatic nitrogens is 2. The second-order valence-electron chi connectivity index (χ2n) is 7.63. The van der Waals surface area contributed by atoms with E-state index in [1.165, 1.54) is 7.11 Å². The number of amides is 1. The van der Waals surface area contributed by atoms with E-state index >= 15 is 0 Å². The van der Waals surface area contributed by atoms with Crippen molar-refractivity contribution in [2.45, 2.75) is 44.9 Å². The van der Waals surface area contributed by atoms with Gasteiger partial charge in [-0.05, 0) is 38.3 Å². The lowest BCUT2D eigenvalue weighted by Crippen LogP contribution is -2.35. The summed E-state index contributed by atoms with van der Waals surface area (Å²) in [7, 11) is 1.48. The van der Waals surface area contributed by atoms with Crippen LogP contribution in [0.5, 0.6) is 5.75 Å². The van der Waals surface area contributed by atoms with Gasteiger partial charge in [0, 0.05) is 23.0 Å². The highest BCUT2D eigenvalue weighted by Gasteiger charge is 2.38. The summed E-state index contributed by atoms with van der Waals surface area (Å²) >= 11 is 5.92. The number of hydrogen-bond donors (Lipinski definition) is 1. The van der Waals surface area contributed by atoms with Crippen LogP contribution in [0.2, 0.25) is 5.02 Å². The summed E-state index contributed by atoms with van der Waals surface area (Å²) in [5.74, 6) is -0.898. The second kappa shape index (κ2) is 10.8. The Bertz CT molecular complexity index is 999. The van der Waals surface area contributed by atoms with Crippen LogP contribution in [0.15, 0.2) is 35.6 Å². The molecule has 1 N–H and O–H groups in total. The van der Waals surface area contributed by atoms with E-state index in [-0.39, 0.29) is 23.2 Å². The minimum Gasteiger partial charge on any atom is -0.477 e. The summed E-state index contributed by atoms with van der Waals surface area (Å²) in [4.78, 5) is 25.8. The molecule has 0 spiro atoms. The molecular formula is C22H24ClF3N4O3. The van der Waals surface area contributed by atoms with Gasteiger partial charge in [-0.2, -0.15) is 13.2 Å². The van der Waals surface area contributed by atoms with E-state index in [2.05, 4.69) is 20.4 Å². The van der Waals surface area contributed by atoms with Crippen molar-refractivity contribution in [1.82, 2.24) is 15.3 Å². The zero-order valence-electron chi connectivity index (χ0n) is 18.2. The number of nitrogens with zero attached hydrogens (tertiary/aromatic N) is 3. The molecule has 0 bridgehead atoms. The Morgan fingerprint density at radius 1 is 1.30 bits per heavy atom. The van der Waals surface area contributed by atoms with Crippen molar-refractivity contribution in [2.24, 2.45) is 11.1 Å². The predicted molar refractivity (Wildman–Crippen MR) is 117 cm³/mol. The molecule has 1 saturated carbocycles. The molecule has 7 nitrogen and oxygen atoms in total. The standard InChI is InChI=1S/C22H24ClF3N4O3/c1-13(22(24,25)26)33-18-12-27-20(29-19(18)14-7-9-16(23)10-8-14)21(31)28-11-15-5-3-4-6-17(15)30-32-2/h7-10,12-13,15H,3-6,11H2,1-2H3,(H,28,31)/b30-17+/t13-,15+/m0/s1. The number of oxime groups is 1. The van der Waals surface area contributed by atoms with Crippen LogP contribution in [0.25, 0.3) is 11.3 Å². The number of ether oxygens (including phenoxy) is 1. The number of nitrogens with one attached hydrogen (secondary N) is 1. The van der Waals surface area contributed by atoms with Crippen LogP contribution in [0.3, 0.4) is 0 Å². The maximum Gasteiger partial charge on any atom is 0.425 e. The van der Waals surface area contributed by atoms with Gasteiger partial charge >= 0.3 is 6.18 Å². The van der Waals surface area contributed by atoms with Gasteiger partial charge in [0.05, 0.1) is 11.9 Å². The fourth-order valence-electron chi connectivity index (χ4n) is 3.46. The van der Waals surface area contributed by atoms with Crippen LogP contribution in [0.1, 0.15) is 43.2 Å². The number of alkyl halides is 3. The molecule has 1 aromatic carbocycles. The monoisotopic (exact) mass is 484 g/mol. The number of carbonyl (C=O) groups excluding carboxylic acids is 1. The van der Waals surface area contributed by atoms with E-state index in [0.717, 1.165) is 44.5 Å². The summed E-state index contributed by atoms with van der Waals surface area (Å²) in [6.45, 7) is 1.21. The van der Waals surface area contributed by atoms with E-state index < -0.39 is 18.2 Å². The second-order valence-corrected chi connectivity index (χ2v) is 8.07. The highest BCUT2D eigenvalue weighted by molar-refractivity contribution is 6.30. The fraction of sp³-hybridized carbons (Fsp3) is 0.455. The van der Waals surface area contributed by atoms with Crippen molar-refractivity contribution in [2.75, 3.05) is 13.7 Å². The minimum absolute atomic E-state index is 0.0358. The van der Waals surface area contributed by atoms with E-state index in [1.807, 2.05) is 0 Å². The van der Waals surface area contributed by atoms with Gasteiger partial charge in [-0.1, -0.05) is 35.3 Å². The Kier molecular flexibility index (Phi) is 8.12. The number of benzene rings is 1. The molecule has 2 atom stereocenters. The molecule has 0 saturated heterocycles. The molecule has 1 fully saturated rings. The van der Waals surface area contributed by atoms with Crippen molar-refractivity contribution >= 4 is 23.2 Å². The number of hydrogen-bond acceptors (Lipinski definition) is 6. The van der Waals surface area contributed by atoms with Crippen LogP contribution in [0.4, 0.5) is 13.2 Å². The first-order chi connectivity index (χ1) is 15.7. The number of carbonyl (C=O) groups is 1. The third kappa shape index (κ3) is 6.56.